The third kappa shape index (κ3) is 6.59. The minimum atomic E-state index is -0.297. The van der Waals surface area contributed by atoms with Crippen LogP contribution in [0.25, 0.3) is 11.1 Å². The topological polar surface area (TPSA) is 0 Å². The molecule has 0 nitrogen and oxygen atoms in total. The van der Waals surface area contributed by atoms with E-state index in [2.05, 4.69) is 62.4 Å². The molecule has 0 aromatic heterocycles. The highest BCUT2D eigenvalue weighted by atomic mass is 28.3. The van der Waals surface area contributed by atoms with E-state index in [1.807, 2.05) is 0 Å². The van der Waals surface area contributed by atoms with Gasteiger partial charge in [0.05, 0.1) is 0 Å². The Morgan fingerprint density at radius 2 is 1.22 bits per heavy atom. The fourth-order valence-electron chi connectivity index (χ4n) is 6.57. The van der Waals surface area contributed by atoms with Gasteiger partial charge in [-0.3, -0.25) is 0 Å². The maximum absolute atomic E-state index is 2.42. The van der Waals surface area contributed by atoms with Crippen molar-refractivity contribution in [3.63, 3.8) is 0 Å². The molecular formula is C31H46Si. The summed E-state index contributed by atoms with van der Waals surface area (Å²) in [6.45, 7) is 4.64. The highest BCUT2D eigenvalue weighted by Crippen LogP contribution is 2.40. The third-order valence-electron chi connectivity index (χ3n) is 8.70. The van der Waals surface area contributed by atoms with Gasteiger partial charge in [-0.15, -0.1) is 0 Å². The SMILES string of the molecule is CCCc1ccc(-c2ccc([C@H]3CC[C@H](CCC4CC[SiH](CCC)CC4)CC3)cc2)cc1. The Morgan fingerprint density at radius 1 is 0.656 bits per heavy atom. The molecule has 0 radical (unpaired) electrons. The van der Waals surface area contributed by atoms with Crippen LogP contribution in [0, 0.1) is 11.8 Å². The molecule has 2 fully saturated rings. The van der Waals surface area contributed by atoms with Gasteiger partial charge < -0.3 is 0 Å². The minimum absolute atomic E-state index is 0.297. The maximum Gasteiger partial charge on any atom is 0.0367 e. The predicted octanol–water partition coefficient (Wildman–Crippen LogP) is 9.41. The molecule has 0 spiro atoms. The van der Waals surface area contributed by atoms with Crippen LogP contribution in [0.15, 0.2) is 48.5 Å². The Bertz CT molecular complexity index is 774. The molecule has 2 aliphatic rings. The Labute approximate surface area is 199 Å². The van der Waals surface area contributed by atoms with E-state index in [-0.39, 0.29) is 8.80 Å². The average Bonchev–Trinajstić information content (AvgIpc) is 2.85. The zero-order chi connectivity index (χ0) is 22.2. The fraction of sp³-hybridized carbons (Fsp3) is 0.613. The lowest BCUT2D eigenvalue weighted by molar-refractivity contribution is 0.280. The summed E-state index contributed by atoms with van der Waals surface area (Å²) >= 11 is 0. The van der Waals surface area contributed by atoms with Crippen molar-refractivity contribution in [1.29, 1.82) is 0 Å². The molecule has 2 aromatic rings. The first-order valence-corrected chi connectivity index (χ1v) is 16.4. The third-order valence-corrected chi connectivity index (χ3v) is 12.4. The van der Waals surface area contributed by atoms with Crippen LogP contribution in [-0.4, -0.2) is 8.80 Å². The predicted molar refractivity (Wildman–Crippen MR) is 144 cm³/mol. The molecule has 1 aliphatic heterocycles. The highest BCUT2D eigenvalue weighted by Gasteiger charge is 2.25. The normalized spacial score (nSPS) is 26.2. The molecule has 0 bridgehead atoms. The van der Waals surface area contributed by atoms with Gasteiger partial charge in [0.15, 0.2) is 0 Å². The van der Waals surface area contributed by atoms with Gasteiger partial charge in [0.2, 0.25) is 0 Å². The minimum Gasteiger partial charge on any atom is -0.0657 e. The van der Waals surface area contributed by atoms with Gasteiger partial charge in [-0.1, -0.05) is 119 Å². The first-order chi connectivity index (χ1) is 15.7. The summed E-state index contributed by atoms with van der Waals surface area (Å²) in [4.78, 5) is 0. The standard InChI is InChI=1S/C31H46Si/c1-3-5-25-8-12-28(13-9-25)30-16-18-31(19-17-30)29-14-10-26(11-15-29)6-7-27-20-23-32(22-4-2)24-21-27/h8-9,12-13,16-19,26-27,29,32H,3-7,10-11,14-15,20-24H2,1-2H3/t26-,27?,29-,32?. The molecule has 1 saturated carbocycles. The van der Waals surface area contributed by atoms with Gasteiger partial charge >= 0.3 is 0 Å². The largest absolute Gasteiger partial charge is 0.0657 e. The molecule has 0 unspecified atom stereocenters. The lowest BCUT2D eigenvalue weighted by Gasteiger charge is -2.32. The van der Waals surface area contributed by atoms with Crippen molar-refractivity contribution in [1.82, 2.24) is 0 Å². The van der Waals surface area contributed by atoms with Crippen LogP contribution in [0.5, 0.6) is 0 Å². The van der Waals surface area contributed by atoms with Crippen molar-refractivity contribution in [2.24, 2.45) is 11.8 Å². The van der Waals surface area contributed by atoms with Crippen molar-refractivity contribution in [3.05, 3.63) is 59.7 Å². The lowest BCUT2D eigenvalue weighted by Crippen LogP contribution is -2.22. The van der Waals surface area contributed by atoms with E-state index in [1.165, 1.54) is 74.5 Å². The summed E-state index contributed by atoms with van der Waals surface area (Å²) in [6, 6.07) is 23.7. The summed E-state index contributed by atoms with van der Waals surface area (Å²) in [5.74, 6) is 2.89. The molecular weight excluding hydrogens is 400 g/mol. The van der Waals surface area contributed by atoms with Crippen LogP contribution in [0.1, 0.15) is 95.1 Å². The zero-order valence-corrected chi connectivity index (χ0v) is 22.0. The van der Waals surface area contributed by atoms with Gasteiger partial charge in [0, 0.05) is 8.80 Å². The van der Waals surface area contributed by atoms with E-state index in [0.29, 0.717) is 0 Å². The summed E-state index contributed by atoms with van der Waals surface area (Å²) in [5.41, 5.74) is 5.75. The monoisotopic (exact) mass is 446 g/mol. The van der Waals surface area contributed by atoms with Crippen molar-refractivity contribution in [2.75, 3.05) is 0 Å². The summed E-state index contributed by atoms with van der Waals surface area (Å²) in [7, 11) is -0.297. The van der Waals surface area contributed by atoms with Crippen LogP contribution < -0.4 is 0 Å². The average molecular weight is 447 g/mol. The van der Waals surface area contributed by atoms with Crippen molar-refractivity contribution in [2.45, 2.75) is 109 Å². The first-order valence-electron chi connectivity index (χ1n) is 13.9. The molecule has 1 heterocycles. The van der Waals surface area contributed by atoms with Crippen LogP contribution >= 0.6 is 0 Å². The molecule has 0 amide bonds. The van der Waals surface area contributed by atoms with E-state index in [9.17, 15) is 0 Å². The van der Waals surface area contributed by atoms with E-state index in [0.717, 1.165) is 17.8 Å². The summed E-state index contributed by atoms with van der Waals surface area (Å²) < 4.78 is 0. The molecule has 0 N–H and O–H groups in total. The van der Waals surface area contributed by atoms with E-state index >= 15 is 0 Å². The van der Waals surface area contributed by atoms with Crippen molar-refractivity contribution in [3.8, 4) is 11.1 Å². The van der Waals surface area contributed by atoms with Crippen LogP contribution in [0.2, 0.25) is 18.1 Å². The van der Waals surface area contributed by atoms with Gasteiger partial charge in [-0.2, -0.15) is 0 Å². The second-order valence-corrected chi connectivity index (χ2v) is 14.5. The molecule has 4 rings (SSSR count). The number of rotatable bonds is 9. The van der Waals surface area contributed by atoms with Gasteiger partial charge in [0.25, 0.3) is 0 Å². The quantitative estimate of drug-likeness (QED) is 0.336. The fourth-order valence-corrected chi connectivity index (χ4v) is 10.1. The Balaban J connectivity index is 1.20. The smallest absolute Gasteiger partial charge is 0.0367 e. The van der Waals surface area contributed by atoms with Crippen molar-refractivity contribution < 1.29 is 0 Å². The van der Waals surface area contributed by atoms with E-state index in [4.69, 9.17) is 0 Å². The molecule has 1 heteroatoms. The molecule has 174 valence electrons. The second-order valence-electron chi connectivity index (χ2n) is 11.0. The molecule has 1 aliphatic carbocycles. The zero-order valence-electron chi connectivity index (χ0n) is 20.8. The Morgan fingerprint density at radius 3 is 1.78 bits per heavy atom. The second kappa shape index (κ2) is 12.2. The summed E-state index contributed by atoms with van der Waals surface area (Å²) in [6.07, 6.45) is 15.8. The number of hydrogen-bond donors (Lipinski definition) is 0. The maximum atomic E-state index is 2.42. The van der Waals surface area contributed by atoms with Crippen LogP contribution in [-0.2, 0) is 6.42 Å². The molecule has 2 aromatic carbocycles. The number of benzene rings is 2. The van der Waals surface area contributed by atoms with Crippen LogP contribution in [0.3, 0.4) is 0 Å². The molecule has 32 heavy (non-hydrogen) atoms. The molecule has 1 saturated heterocycles. The van der Waals surface area contributed by atoms with Gasteiger partial charge in [0.1, 0.15) is 0 Å². The van der Waals surface area contributed by atoms with E-state index in [1.54, 1.807) is 36.5 Å². The van der Waals surface area contributed by atoms with Crippen molar-refractivity contribution >= 4 is 8.80 Å². The Kier molecular flexibility index (Phi) is 9.08. The number of hydrogen-bond acceptors (Lipinski definition) is 0. The van der Waals surface area contributed by atoms with Gasteiger partial charge in [-0.05, 0) is 72.1 Å². The Hall–Kier alpha value is -1.34. The number of aryl methyl sites for hydroxylation is 1. The van der Waals surface area contributed by atoms with Crippen LogP contribution in [0.4, 0.5) is 0 Å². The summed E-state index contributed by atoms with van der Waals surface area (Å²) in [5, 5.41) is 0. The lowest BCUT2D eigenvalue weighted by atomic mass is 9.76. The molecule has 0 atom stereocenters. The highest BCUT2D eigenvalue weighted by molar-refractivity contribution is 6.58. The van der Waals surface area contributed by atoms with E-state index < -0.39 is 0 Å². The van der Waals surface area contributed by atoms with Gasteiger partial charge in [-0.25, -0.2) is 0 Å². The first kappa shape index (κ1) is 23.8.